The van der Waals surface area contributed by atoms with E-state index >= 15 is 0 Å². The van der Waals surface area contributed by atoms with Crippen LogP contribution in [-0.4, -0.2) is 11.7 Å². The van der Waals surface area contributed by atoms with Crippen molar-refractivity contribution >= 4 is 41.0 Å². The van der Waals surface area contributed by atoms with Crippen LogP contribution in [0, 0.1) is 0 Å². The van der Waals surface area contributed by atoms with Crippen LogP contribution < -0.4 is 5.73 Å². The molecule has 0 bridgehead atoms. The van der Waals surface area contributed by atoms with E-state index in [1.165, 1.54) is 19.1 Å². The molecule has 0 aromatic heterocycles. The van der Waals surface area contributed by atoms with E-state index in [-0.39, 0.29) is 5.57 Å². The van der Waals surface area contributed by atoms with E-state index in [1.54, 1.807) is 12.1 Å². The lowest BCUT2D eigenvalue weighted by atomic mass is 10.1. The zero-order chi connectivity index (χ0) is 12.3. The molecule has 84 valence electrons. The van der Waals surface area contributed by atoms with Crippen LogP contribution in [0.4, 0.5) is 0 Å². The molecule has 0 saturated heterocycles. The quantitative estimate of drug-likeness (QED) is 0.514. The number of rotatable bonds is 3. The maximum Gasteiger partial charge on any atom is 0.252 e. The summed E-state index contributed by atoms with van der Waals surface area (Å²) in [4.78, 5) is 22.1. The SMILES string of the molecule is CC(=O)/C(=C\c1ccc(Cl)cc1Cl)C(N)=O. The number of hydrogen-bond donors (Lipinski definition) is 1. The number of hydrogen-bond acceptors (Lipinski definition) is 2. The highest BCUT2D eigenvalue weighted by molar-refractivity contribution is 6.35. The zero-order valence-corrected chi connectivity index (χ0v) is 9.97. The van der Waals surface area contributed by atoms with Crippen molar-refractivity contribution in [2.75, 3.05) is 0 Å². The highest BCUT2D eigenvalue weighted by Gasteiger charge is 2.11. The monoisotopic (exact) mass is 257 g/mol. The van der Waals surface area contributed by atoms with Crippen molar-refractivity contribution in [2.45, 2.75) is 6.92 Å². The van der Waals surface area contributed by atoms with E-state index in [0.29, 0.717) is 15.6 Å². The number of halogens is 2. The fourth-order valence-electron chi connectivity index (χ4n) is 1.12. The average molecular weight is 258 g/mol. The number of nitrogens with two attached hydrogens (primary N) is 1. The van der Waals surface area contributed by atoms with E-state index in [1.807, 2.05) is 0 Å². The summed E-state index contributed by atoms with van der Waals surface area (Å²) in [6, 6.07) is 4.74. The molecule has 0 aliphatic rings. The zero-order valence-electron chi connectivity index (χ0n) is 8.46. The molecule has 2 N–H and O–H groups in total. The first-order valence-electron chi connectivity index (χ1n) is 4.39. The summed E-state index contributed by atoms with van der Waals surface area (Å²) in [6.07, 6.45) is 1.35. The Morgan fingerprint density at radius 1 is 1.31 bits per heavy atom. The molecular weight excluding hydrogens is 249 g/mol. The van der Waals surface area contributed by atoms with E-state index < -0.39 is 11.7 Å². The Hall–Kier alpha value is -1.32. The van der Waals surface area contributed by atoms with Crippen LogP contribution in [0.5, 0.6) is 0 Å². The second-order valence-electron chi connectivity index (χ2n) is 3.14. The number of ketones is 1. The number of primary amides is 1. The van der Waals surface area contributed by atoms with Gasteiger partial charge in [0.15, 0.2) is 5.78 Å². The van der Waals surface area contributed by atoms with Gasteiger partial charge in [0.2, 0.25) is 0 Å². The van der Waals surface area contributed by atoms with Crippen molar-refractivity contribution in [2.24, 2.45) is 5.73 Å². The smallest absolute Gasteiger partial charge is 0.252 e. The van der Waals surface area contributed by atoms with Gasteiger partial charge in [-0.2, -0.15) is 0 Å². The van der Waals surface area contributed by atoms with Crippen LogP contribution >= 0.6 is 23.2 Å². The summed E-state index contributed by atoms with van der Waals surface area (Å²) < 4.78 is 0. The lowest BCUT2D eigenvalue weighted by molar-refractivity contribution is -0.119. The van der Waals surface area contributed by atoms with Gasteiger partial charge in [-0.1, -0.05) is 29.3 Å². The lowest BCUT2D eigenvalue weighted by Crippen LogP contribution is -2.18. The van der Waals surface area contributed by atoms with Crippen molar-refractivity contribution < 1.29 is 9.59 Å². The highest BCUT2D eigenvalue weighted by atomic mass is 35.5. The summed E-state index contributed by atoms with van der Waals surface area (Å²) >= 11 is 11.6. The number of benzene rings is 1. The molecule has 0 aliphatic heterocycles. The lowest BCUT2D eigenvalue weighted by Gasteiger charge is -2.01. The Balaban J connectivity index is 3.23. The van der Waals surface area contributed by atoms with Gasteiger partial charge in [-0.05, 0) is 30.7 Å². The van der Waals surface area contributed by atoms with Gasteiger partial charge in [-0.3, -0.25) is 9.59 Å². The second kappa shape index (κ2) is 5.14. The van der Waals surface area contributed by atoms with E-state index in [2.05, 4.69) is 0 Å². The van der Waals surface area contributed by atoms with E-state index in [4.69, 9.17) is 28.9 Å². The summed E-state index contributed by atoms with van der Waals surface area (Å²) in [6.45, 7) is 1.26. The van der Waals surface area contributed by atoms with Crippen LogP contribution in [-0.2, 0) is 9.59 Å². The number of carbonyl (C=O) groups excluding carboxylic acids is 2. The van der Waals surface area contributed by atoms with Gasteiger partial charge >= 0.3 is 0 Å². The fourth-order valence-corrected chi connectivity index (χ4v) is 1.58. The Labute approximate surface area is 103 Å². The second-order valence-corrected chi connectivity index (χ2v) is 3.99. The summed E-state index contributed by atoms with van der Waals surface area (Å²) in [5, 5.41) is 0.832. The molecule has 16 heavy (non-hydrogen) atoms. The van der Waals surface area contributed by atoms with Gasteiger partial charge in [0.25, 0.3) is 5.91 Å². The van der Waals surface area contributed by atoms with Crippen LogP contribution in [0.2, 0.25) is 10.0 Å². The Kier molecular flexibility index (Phi) is 4.10. The van der Waals surface area contributed by atoms with Crippen molar-refractivity contribution in [3.63, 3.8) is 0 Å². The molecule has 5 heteroatoms. The summed E-state index contributed by atoms with van der Waals surface area (Å²) in [5.74, 6) is -1.18. The number of amides is 1. The molecule has 0 saturated carbocycles. The third kappa shape index (κ3) is 3.08. The predicted octanol–water partition coefficient (Wildman–Crippen LogP) is 2.45. The Morgan fingerprint density at radius 3 is 2.38 bits per heavy atom. The molecule has 3 nitrogen and oxygen atoms in total. The first-order chi connectivity index (χ1) is 7.41. The first-order valence-corrected chi connectivity index (χ1v) is 5.15. The third-order valence-electron chi connectivity index (χ3n) is 1.91. The van der Waals surface area contributed by atoms with Gasteiger partial charge in [-0.15, -0.1) is 0 Å². The predicted molar refractivity (Wildman–Crippen MR) is 64.3 cm³/mol. The standard InChI is InChI=1S/C11H9Cl2NO2/c1-6(15)9(11(14)16)4-7-2-3-8(12)5-10(7)13/h2-5H,1H3,(H2,14,16)/b9-4+. The molecule has 0 heterocycles. The molecule has 1 amide bonds. The molecule has 1 aromatic carbocycles. The van der Waals surface area contributed by atoms with Crippen LogP contribution in [0.3, 0.4) is 0 Å². The van der Waals surface area contributed by atoms with E-state index in [0.717, 1.165) is 0 Å². The number of carbonyl (C=O) groups is 2. The fraction of sp³-hybridized carbons (Fsp3) is 0.0909. The maximum atomic E-state index is 11.1. The van der Waals surface area contributed by atoms with Crippen molar-refractivity contribution in [3.8, 4) is 0 Å². The molecule has 1 rings (SSSR count). The third-order valence-corrected chi connectivity index (χ3v) is 2.47. The Bertz CT molecular complexity index is 465. The molecule has 0 unspecified atom stereocenters. The maximum absolute atomic E-state index is 11.1. The largest absolute Gasteiger partial charge is 0.365 e. The topological polar surface area (TPSA) is 60.2 Å². The molecular formula is C11H9Cl2NO2. The normalized spacial score (nSPS) is 11.3. The minimum Gasteiger partial charge on any atom is -0.365 e. The minimum absolute atomic E-state index is 0.0933. The molecule has 0 fully saturated rings. The van der Waals surface area contributed by atoms with E-state index in [9.17, 15) is 9.59 Å². The number of Topliss-reactive ketones (excluding diaryl/α,β-unsaturated/α-hetero) is 1. The molecule has 0 aliphatic carbocycles. The van der Waals surface area contributed by atoms with Gasteiger partial charge in [0.05, 0.1) is 5.57 Å². The van der Waals surface area contributed by atoms with Crippen LogP contribution in [0.15, 0.2) is 23.8 Å². The van der Waals surface area contributed by atoms with Crippen LogP contribution in [0.25, 0.3) is 6.08 Å². The first kappa shape index (κ1) is 12.7. The minimum atomic E-state index is -0.779. The molecule has 0 spiro atoms. The summed E-state index contributed by atoms with van der Waals surface area (Å²) in [5.41, 5.74) is 5.50. The highest BCUT2D eigenvalue weighted by Crippen LogP contribution is 2.23. The average Bonchev–Trinajstić information content (AvgIpc) is 2.15. The molecule has 0 atom stereocenters. The van der Waals surface area contributed by atoms with Gasteiger partial charge in [-0.25, -0.2) is 0 Å². The van der Waals surface area contributed by atoms with Crippen LogP contribution in [0.1, 0.15) is 12.5 Å². The Morgan fingerprint density at radius 2 is 1.94 bits per heavy atom. The summed E-state index contributed by atoms with van der Waals surface area (Å²) in [7, 11) is 0. The van der Waals surface area contributed by atoms with Crippen molar-refractivity contribution in [3.05, 3.63) is 39.4 Å². The van der Waals surface area contributed by atoms with Crippen molar-refractivity contribution in [1.82, 2.24) is 0 Å². The molecule has 0 radical (unpaired) electrons. The van der Waals surface area contributed by atoms with Gasteiger partial charge in [0.1, 0.15) is 0 Å². The van der Waals surface area contributed by atoms with Gasteiger partial charge in [0, 0.05) is 10.0 Å². The van der Waals surface area contributed by atoms with Crippen molar-refractivity contribution in [1.29, 1.82) is 0 Å². The van der Waals surface area contributed by atoms with Gasteiger partial charge < -0.3 is 5.73 Å². The molecule has 1 aromatic rings.